The van der Waals surface area contributed by atoms with Gasteiger partial charge in [-0.15, -0.1) is 6.58 Å². The van der Waals surface area contributed by atoms with Gasteiger partial charge in [0.05, 0.1) is 13.2 Å². The van der Waals surface area contributed by atoms with Gasteiger partial charge in [-0.25, -0.2) is 4.57 Å². The quantitative estimate of drug-likeness (QED) is 0.0270. The molecule has 3 N–H and O–H groups in total. The van der Waals surface area contributed by atoms with Gasteiger partial charge in [-0.3, -0.25) is 18.6 Å². The molecule has 0 aromatic heterocycles. The Morgan fingerprint density at radius 3 is 1.62 bits per heavy atom. The third-order valence-electron chi connectivity index (χ3n) is 9.14. The molecule has 9 nitrogen and oxygen atoms in total. The van der Waals surface area contributed by atoms with Crippen LogP contribution in [0.4, 0.5) is 0 Å². The first-order chi connectivity index (χ1) is 25.8. The van der Waals surface area contributed by atoms with Crippen molar-refractivity contribution in [3.8, 4) is 0 Å². The molecule has 0 aliphatic heterocycles. The molecule has 1 unspecified atom stereocenters. The van der Waals surface area contributed by atoms with E-state index >= 15 is 0 Å². The number of esters is 2. The Hall–Kier alpha value is -1.77. The molecule has 310 valence electrons. The maximum absolute atomic E-state index is 12.6. The first kappa shape index (κ1) is 51.2. The molecule has 0 saturated heterocycles. The molecule has 0 radical (unpaired) electrons. The van der Waals surface area contributed by atoms with Crippen molar-refractivity contribution in [3.05, 3.63) is 37.0 Å². The van der Waals surface area contributed by atoms with Crippen molar-refractivity contribution >= 4 is 19.8 Å². The lowest BCUT2D eigenvalue weighted by Crippen LogP contribution is -2.29. The number of hydrogen-bond acceptors (Lipinski definition) is 8. The summed E-state index contributed by atoms with van der Waals surface area (Å²) in [5, 5.41) is 0. The molecule has 2 atom stereocenters. The van der Waals surface area contributed by atoms with Crippen molar-refractivity contribution < 1.29 is 37.6 Å². The summed E-state index contributed by atoms with van der Waals surface area (Å²) < 4.78 is 32.7. The lowest BCUT2D eigenvalue weighted by atomic mass is 10.0. The van der Waals surface area contributed by atoms with E-state index in [2.05, 4.69) is 37.8 Å². The smallest absolute Gasteiger partial charge is 0.462 e. The van der Waals surface area contributed by atoms with Gasteiger partial charge >= 0.3 is 19.8 Å². The number of phosphoric ester groups is 1. The Labute approximate surface area is 324 Å². The Bertz CT molecular complexity index is 957. The number of carbonyl (C=O) groups is 2. The summed E-state index contributed by atoms with van der Waals surface area (Å²) in [5.74, 6) is -0.881. The van der Waals surface area contributed by atoms with Crippen molar-refractivity contribution in [1.29, 1.82) is 0 Å². The molecule has 0 aliphatic carbocycles. The van der Waals surface area contributed by atoms with Crippen LogP contribution in [0.15, 0.2) is 37.0 Å². The molecule has 0 amide bonds. The first-order valence-corrected chi connectivity index (χ1v) is 22.9. The zero-order chi connectivity index (χ0) is 38.9. The molecule has 0 aromatic carbocycles. The molecular weight excluding hydrogens is 689 g/mol. The van der Waals surface area contributed by atoms with E-state index in [1.807, 2.05) is 6.08 Å². The highest BCUT2D eigenvalue weighted by Gasteiger charge is 2.26. The van der Waals surface area contributed by atoms with E-state index in [1.165, 1.54) is 116 Å². The second-order valence-corrected chi connectivity index (χ2v) is 15.7. The average molecular weight is 770 g/mol. The molecule has 0 saturated carbocycles. The molecule has 0 aliphatic rings. The number of hydrogen-bond donors (Lipinski definition) is 2. The maximum atomic E-state index is 12.6. The molecule has 0 aromatic rings. The van der Waals surface area contributed by atoms with Crippen LogP contribution < -0.4 is 5.73 Å². The van der Waals surface area contributed by atoms with Crippen LogP contribution >= 0.6 is 7.82 Å². The van der Waals surface area contributed by atoms with Crippen LogP contribution in [0.5, 0.6) is 0 Å². The molecule has 0 fully saturated rings. The molecule has 53 heavy (non-hydrogen) atoms. The van der Waals surface area contributed by atoms with Crippen LogP contribution in [0.3, 0.4) is 0 Å². The molecular formula is C43H80NO8P. The van der Waals surface area contributed by atoms with Crippen molar-refractivity contribution in [1.82, 2.24) is 0 Å². The minimum atomic E-state index is -4.38. The second kappa shape index (κ2) is 39.9. The van der Waals surface area contributed by atoms with Crippen molar-refractivity contribution in [2.24, 2.45) is 5.73 Å². The maximum Gasteiger partial charge on any atom is 0.472 e. The lowest BCUT2D eigenvalue weighted by Gasteiger charge is -2.19. The highest BCUT2D eigenvalue weighted by molar-refractivity contribution is 7.47. The first-order valence-electron chi connectivity index (χ1n) is 21.4. The van der Waals surface area contributed by atoms with E-state index in [0.717, 1.165) is 44.9 Å². The molecule has 10 heteroatoms. The molecule has 0 spiro atoms. The summed E-state index contributed by atoms with van der Waals surface area (Å²) in [7, 11) is -4.38. The van der Waals surface area contributed by atoms with E-state index in [-0.39, 0.29) is 32.6 Å². The Morgan fingerprint density at radius 1 is 0.623 bits per heavy atom. The minimum absolute atomic E-state index is 0.0478. The zero-order valence-corrected chi connectivity index (χ0v) is 34.7. The third kappa shape index (κ3) is 39.7. The summed E-state index contributed by atoms with van der Waals surface area (Å²) >= 11 is 0. The van der Waals surface area contributed by atoms with Crippen molar-refractivity contribution in [2.75, 3.05) is 26.4 Å². The van der Waals surface area contributed by atoms with Crippen LogP contribution in [0.2, 0.25) is 0 Å². The van der Waals surface area contributed by atoms with E-state index < -0.39 is 32.5 Å². The van der Waals surface area contributed by atoms with Gasteiger partial charge in [0.15, 0.2) is 6.10 Å². The van der Waals surface area contributed by atoms with E-state index in [9.17, 15) is 19.0 Å². The standard InChI is InChI=1S/C43H80NO8P/c1-3-5-7-9-11-13-15-17-19-20-22-23-25-27-29-31-33-35-42(45)49-39-41(40-51-53(47,48)50-38-37-44)52-43(46)36-34-32-30-28-26-24-21-18-16-14-12-10-8-6-4-2/h4,22-23,27,29,41H,2-3,5-21,24-26,28,30-40,44H2,1H3,(H,47,48)/b23-22+,29-27+/t41-/m1/s1. The topological polar surface area (TPSA) is 134 Å². The van der Waals surface area contributed by atoms with Gasteiger partial charge < -0.3 is 20.1 Å². The number of nitrogens with two attached hydrogens (primary N) is 1. The third-order valence-corrected chi connectivity index (χ3v) is 10.1. The highest BCUT2D eigenvalue weighted by atomic mass is 31.2. The van der Waals surface area contributed by atoms with Gasteiger partial charge in [0.25, 0.3) is 0 Å². The Morgan fingerprint density at radius 2 is 1.09 bits per heavy atom. The fourth-order valence-electron chi connectivity index (χ4n) is 5.95. The summed E-state index contributed by atoms with van der Waals surface area (Å²) in [6.07, 6.45) is 42.2. The predicted octanol–water partition coefficient (Wildman–Crippen LogP) is 12.2. The van der Waals surface area contributed by atoms with E-state index in [0.29, 0.717) is 12.8 Å². The predicted molar refractivity (Wildman–Crippen MR) is 220 cm³/mol. The molecule has 0 rings (SSSR count). The van der Waals surface area contributed by atoms with Crippen LogP contribution in [-0.4, -0.2) is 49.3 Å². The van der Waals surface area contributed by atoms with Gasteiger partial charge in [0.2, 0.25) is 0 Å². The van der Waals surface area contributed by atoms with Gasteiger partial charge in [0.1, 0.15) is 6.61 Å². The van der Waals surface area contributed by atoms with Crippen molar-refractivity contribution in [2.45, 2.75) is 199 Å². The van der Waals surface area contributed by atoms with Gasteiger partial charge in [-0.1, -0.05) is 159 Å². The summed E-state index contributed by atoms with van der Waals surface area (Å²) in [6, 6.07) is 0. The summed E-state index contributed by atoms with van der Waals surface area (Å²) in [4.78, 5) is 34.8. The lowest BCUT2D eigenvalue weighted by molar-refractivity contribution is -0.161. The Balaban J connectivity index is 4.19. The van der Waals surface area contributed by atoms with Crippen LogP contribution in [-0.2, 0) is 32.7 Å². The normalized spacial score (nSPS) is 13.4. The number of allylic oxidation sites excluding steroid dienone is 5. The Kier molecular flexibility index (Phi) is 38.6. The fraction of sp³-hybridized carbons (Fsp3) is 0.814. The van der Waals surface area contributed by atoms with Gasteiger partial charge in [0, 0.05) is 19.4 Å². The number of phosphoric acid groups is 1. The van der Waals surface area contributed by atoms with E-state index in [1.54, 1.807) is 0 Å². The number of ether oxygens (including phenoxy) is 2. The van der Waals surface area contributed by atoms with Crippen LogP contribution in [0, 0.1) is 0 Å². The summed E-state index contributed by atoms with van der Waals surface area (Å²) in [5.41, 5.74) is 5.34. The molecule has 0 heterocycles. The minimum Gasteiger partial charge on any atom is -0.462 e. The van der Waals surface area contributed by atoms with Gasteiger partial charge in [-0.05, 0) is 51.4 Å². The monoisotopic (exact) mass is 770 g/mol. The van der Waals surface area contributed by atoms with Crippen molar-refractivity contribution in [3.63, 3.8) is 0 Å². The summed E-state index contributed by atoms with van der Waals surface area (Å²) in [6.45, 7) is 5.21. The fourth-order valence-corrected chi connectivity index (χ4v) is 6.71. The SMILES string of the molecule is C=CCCCCCCCCCCCCCCCC(=O)O[C@H](COC(=O)CCC/C=C/C/C=C/CCCCCCCCCCC)COP(=O)(O)OCCN. The van der Waals surface area contributed by atoms with Crippen LogP contribution in [0.1, 0.15) is 193 Å². The number of unbranched alkanes of at least 4 members (excludes halogenated alkanes) is 23. The van der Waals surface area contributed by atoms with Crippen LogP contribution in [0.25, 0.3) is 0 Å². The average Bonchev–Trinajstić information content (AvgIpc) is 3.14. The number of carbonyl (C=O) groups excluding carboxylic acids is 2. The zero-order valence-electron chi connectivity index (χ0n) is 33.8. The number of rotatable bonds is 41. The van der Waals surface area contributed by atoms with Gasteiger partial charge in [-0.2, -0.15) is 0 Å². The van der Waals surface area contributed by atoms with E-state index in [4.69, 9.17) is 24.3 Å². The molecule has 0 bridgehead atoms. The second-order valence-electron chi connectivity index (χ2n) is 14.3. The highest BCUT2D eigenvalue weighted by Crippen LogP contribution is 2.43. The largest absolute Gasteiger partial charge is 0.472 e.